The van der Waals surface area contributed by atoms with Crippen LogP contribution in [0, 0.1) is 0 Å². The zero-order chi connectivity index (χ0) is 14.2. The van der Waals surface area contributed by atoms with Crippen LogP contribution in [-0.2, 0) is 0 Å². The summed E-state index contributed by atoms with van der Waals surface area (Å²) in [7, 11) is 0. The van der Waals surface area contributed by atoms with Gasteiger partial charge in [0.2, 0.25) is 0 Å². The van der Waals surface area contributed by atoms with Crippen LogP contribution in [0.5, 0.6) is 0 Å². The molecule has 3 heteroatoms. The Bertz CT molecular complexity index is 533. The van der Waals surface area contributed by atoms with Crippen LogP contribution in [0.1, 0.15) is 50.6 Å². The SMILES string of the molecule is C=CCCCCCC(NCC)c1cnc2ccsc2c1. The summed E-state index contributed by atoms with van der Waals surface area (Å²) in [5, 5.41) is 5.70. The Kier molecular flexibility index (Phi) is 6.22. The Balaban J connectivity index is 1.97. The number of unbranched alkanes of at least 4 members (excludes halogenated alkanes) is 3. The predicted octanol–water partition coefficient (Wildman–Crippen LogP) is 5.08. The summed E-state index contributed by atoms with van der Waals surface area (Å²) < 4.78 is 1.29. The Morgan fingerprint density at radius 1 is 1.40 bits per heavy atom. The van der Waals surface area contributed by atoms with Crippen LogP contribution in [0.4, 0.5) is 0 Å². The summed E-state index contributed by atoms with van der Waals surface area (Å²) in [5.41, 5.74) is 2.44. The smallest absolute Gasteiger partial charge is 0.0809 e. The van der Waals surface area contributed by atoms with Crippen LogP contribution < -0.4 is 5.32 Å². The van der Waals surface area contributed by atoms with Gasteiger partial charge in [-0.15, -0.1) is 17.9 Å². The van der Waals surface area contributed by atoms with Crippen LogP contribution in [0.2, 0.25) is 0 Å². The largest absolute Gasteiger partial charge is 0.310 e. The molecule has 2 rings (SSSR count). The molecule has 0 spiro atoms. The molecule has 1 unspecified atom stereocenters. The zero-order valence-electron chi connectivity index (χ0n) is 12.3. The van der Waals surface area contributed by atoms with E-state index in [9.17, 15) is 0 Å². The lowest BCUT2D eigenvalue weighted by Gasteiger charge is -2.18. The highest BCUT2D eigenvalue weighted by Gasteiger charge is 2.11. The van der Waals surface area contributed by atoms with Gasteiger partial charge in [-0.2, -0.15) is 0 Å². The summed E-state index contributed by atoms with van der Waals surface area (Å²) in [6, 6.07) is 4.81. The molecule has 1 atom stereocenters. The Labute approximate surface area is 125 Å². The lowest BCUT2D eigenvalue weighted by Crippen LogP contribution is -2.21. The molecule has 0 aliphatic rings. The minimum Gasteiger partial charge on any atom is -0.310 e. The zero-order valence-corrected chi connectivity index (χ0v) is 13.1. The molecule has 0 aliphatic carbocycles. The molecule has 2 aromatic heterocycles. The van der Waals surface area contributed by atoms with Gasteiger partial charge in [0.15, 0.2) is 0 Å². The van der Waals surface area contributed by atoms with Crippen molar-refractivity contribution in [3.05, 3.63) is 41.9 Å². The van der Waals surface area contributed by atoms with Crippen molar-refractivity contribution >= 4 is 21.6 Å². The lowest BCUT2D eigenvalue weighted by molar-refractivity contribution is 0.483. The third kappa shape index (κ3) is 4.15. The standard InChI is InChI=1S/C17H24N2S/c1-3-5-6-7-8-9-15(18-4-2)14-12-17-16(19-13-14)10-11-20-17/h3,10-13,15,18H,1,4-9H2,2H3. The van der Waals surface area contributed by atoms with Gasteiger partial charge < -0.3 is 5.32 Å². The predicted molar refractivity (Wildman–Crippen MR) is 89.3 cm³/mol. The maximum absolute atomic E-state index is 4.56. The number of nitrogens with zero attached hydrogens (tertiary/aromatic N) is 1. The van der Waals surface area contributed by atoms with Gasteiger partial charge in [0.1, 0.15) is 0 Å². The molecule has 2 heterocycles. The lowest BCUT2D eigenvalue weighted by atomic mass is 10.0. The Hall–Kier alpha value is -1.19. The maximum atomic E-state index is 4.56. The van der Waals surface area contributed by atoms with Gasteiger partial charge in [-0.1, -0.05) is 25.8 Å². The minimum atomic E-state index is 0.433. The number of hydrogen-bond acceptors (Lipinski definition) is 3. The molecule has 2 nitrogen and oxygen atoms in total. The number of hydrogen-bond donors (Lipinski definition) is 1. The second kappa shape index (κ2) is 8.18. The number of nitrogens with one attached hydrogen (secondary N) is 1. The number of rotatable bonds is 9. The molecule has 1 N–H and O–H groups in total. The van der Waals surface area contributed by atoms with Gasteiger partial charge in [-0.25, -0.2) is 0 Å². The number of aromatic nitrogens is 1. The molecule has 0 saturated heterocycles. The summed E-state index contributed by atoms with van der Waals surface area (Å²) in [5.74, 6) is 0. The van der Waals surface area contributed by atoms with Crippen molar-refractivity contribution in [3.63, 3.8) is 0 Å². The summed E-state index contributed by atoms with van der Waals surface area (Å²) >= 11 is 1.77. The fraction of sp³-hybridized carbons (Fsp3) is 0.471. The molecular formula is C17H24N2S. The fourth-order valence-electron chi connectivity index (χ4n) is 2.50. The van der Waals surface area contributed by atoms with E-state index in [4.69, 9.17) is 0 Å². The third-order valence-electron chi connectivity index (χ3n) is 3.58. The Morgan fingerprint density at radius 3 is 3.10 bits per heavy atom. The number of pyridine rings is 1. The first-order valence-corrected chi connectivity index (χ1v) is 8.40. The third-order valence-corrected chi connectivity index (χ3v) is 4.43. The van der Waals surface area contributed by atoms with E-state index >= 15 is 0 Å². The monoisotopic (exact) mass is 288 g/mol. The highest BCUT2D eigenvalue weighted by atomic mass is 32.1. The van der Waals surface area contributed by atoms with E-state index < -0.39 is 0 Å². The van der Waals surface area contributed by atoms with E-state index in [0.717, 1.165) is 18.5 Å². The second-order valence-corrected chi connectivity index (χ2v) is 6.06. The first-order chi connectivity index (χ1) is 9.85. The van der Waals surface area contributed by atoms with E-state index in [1.54, 1.807) is 11.3 Å². The molecule has 0 aromatic carbocycles. The molecule has 0 fully saturated rings. The van der Waals surface area contributed by atoms with Gasteiger partial charge in [0.25, 0.3) is 0 Å². The van der Waals surface area contributed by atoms with Crippen LogP contribution in [0.15, 0.2) is 36.4 Å². The summed E-state index contributed by atoms with van der Waals surface area (Å²) in [4.78, 5) is 4.56. The topological polar surface area (TPSA) is 24.9 Å². The van der Waals surface area contributed by atoms with Gasteiger partial charge in [-0.05, 0) is 48.9 Å². The average molecular weight is 288 g/mol. The van der Waals surface area contributed by atoms with Crippen molar-refractivity contribution in [2.75, 3.05) is 6.54 Å². The quantitative estimate of drug-likeness (QED) is 0.514. The maximum Gasteiger partial charge on any atom is 0.0809 e. The Morgan fingerprint density at radius 2 is 2.30 bits per heavy atom. The first-order valence-electron chi connectivity index (χ1n) is 7.52. The van der Waals surface area contributed by atoms with Crippen molar-refractivity contribution in [1.82, 2.24) is 10.3 Å². The van der Waals surface area contributed by atoms with Gasteiger partial charge in [0.05, 0.1) is 10.2 Å². The average Bonchev–Trinajstić information content (AvgIpc) is 2.93. The van der Waals surface area contributed by atoms with Gasteiger partial charge in [-0.3, -0.25) is 4.98 Å². The van der Waals surface area contributed by atoms with Crippen LogP contribution in [0.3, 0.4) is 0 Å². The molecule has 20 heavy (non-hydrogen) atoms. The highest BCUT2D eigenvalue weighted by Crippen LogP contribution is 2.25. The molecule has 0 bridgehead atoms. The number of thiophene rings is 1. The van der Waals surface area contributed by atoms with Gasteiger partial charge >= 0.3 is 0 Å². The van der Waals surface area contributed by atoms with Crippen molar-refractivity contribution in [2.45, 2.75) is 45.1 Å². The van der Waals surface area contributed by atoms with Crippen LogP contribution >= 0.6 is 11.3 Å². The molecule has 108 valence electrons. The van der Waals surface area contributed by atoms with Crippen molar-refractivity contribution in [2.24, 2.45) is 0 Å². The highest BCUT2D eigenvalue weighted by molar-refractivity contribution is 7.17. The first kappa shape index (κ1) is 15.2. The van der Waals surface area contributed by atoms with Crippen molar-refractivity contribution in [3.8, 4) is 0 Å². The van der Waals surface area contributed by atoms with E-state index in [0.29, 0.717) is 6.04 Å². The fourth-order valence-corrected chi connectivity index (χ4v) is 3.29. The number of allylic oxidation sites excluding steroid dienone is 1. The van der Waals surface area contributed by atoms with Gasteiger partial charge in [0, 0.05) is 12.2 Å². The normalized spacial score (nSPS) is 12.7. The molecule has 0 amide bonds. The van der Waals surface area contributed by atoms with Crippen molar-refractivity contribution < 1.29 is 0 Å². The van der Waals surface area contributed by atoms with E-state index in [1.165, 1.54) is 35.9 Å². The summed E-state index contributed by atoms with van der Waals surface area (Å²) in [6.45, 7) is 6.94. The van der Waals surface area contributed by atoms with Crippen LogP contribution in [-0.4, -0.2) is 11.5 Å². The minimum absolute atomic E-state index is 0.433. The van der Waals surface area contributed by atoms with Crippen molar-refractivity contribution in [1.29, 1.82) is 0 Å². The molecule has 2 aromatic rings. The van der Waals surface area contributed by atoms with E-state index in [-0.39, 0.29) is 0 Å². The molecule has 0 aliphatic heterocycles. The second-order valence-electron chi connectivity index (χ2n) is 5.11. The molecular weight excluding hydrogens is 264 g/mol. The summed E-state index contributed by atoms with van der Waals surface area (Å²) in [6.07, 6.45) is 10.2. The molecule has 0 saturated carbocycles. The number of fused-ring (bicyclic) bond motifs is 1. The molecule has 0 radical (unpaired) electrons. The van der Waals surface area contributed by atoms with E-state index in [2.05, 4.69) is 41.3 Å². The van der Waals surface area contributed by atoms with E-state index in [1.807, 2.05) is 12.3 Å². The van der Waals surface area contributed by atoms with Crippen LogP contribution in [0.25, 0.3) is 10.2 Å².